The number of β-amino-alcohol motifs (C(OH)–C–C–N with tert-alkyl or cyclic N) is 1. The molecule has 1 fully saturated rings. The molecule has 2 aromatic carbocycles. The summed E-state index contributed by atoms with van der Waals surface area (Å²) >= 11 is 0. The van der Waals surface area contributed by atoms with E-state index in [-0.39, 0.29) is 39.1 Å². The van der Waals surface area contributed by atoms with E-state index in [2.05, 4.69) is 10.3 Å². The fraction of sp³-hybridized carbons (Fsp3) is 0.436. The molecule has 0 spiro atoms. The number of aromatic nitrogens is 3. The molecule has 4 N–H and O–H groups in total. The predicted molar refractivity (Wildman–Crippen MR) is 193 cm³/mol. The molecule has 288 valence electrons. The number of ether oxygens (including phenoxy) is 1. The smallest absolute Gasteiger partial charge is 0.405 e. The Kier molecular flexibility index (Phi) is 12.0. The monoisotopic (exact) mass is 749 g/mol. The maximum Gasteiger partial charge on any atom is 0.405 e. The Bertz CT molecular complexity index is 1860. The van der Waals surface area contributed by atoms with Gasteiger partial charge < -0.3 is 25.6 Å². The van der Waals surface area contributed by atoms with E-state index in [1.807, 2.05) is 72.7 Å². The zero-order valence-corrected chi connectivity index (χ0v) is 30.2. The van der Waals surface area contributed by atoms with Crippen molar-refractivity contribution in [2.45, 2.75) is 62.7 Å². The van der Waals surface area contributed by atoms with Gasteiger partial charge in [0, 0.05) is 56.3 Å². The van der Waals surface area contributed by atoms with Crippen molar-refractivity contribution in [3.8, 4) is 11.4 Å². The first-order chi connectivity index (χ1) is 25.8. The number of aliphatic hydroxyl groups excluding tert-OH is 2. The van der Waals surface area contributed by atoms with Gasteiger partial charge in [0.2, 0.25) is 11.8 Å². The number of nitrogens with zero attached hydrogens (tertiary/aromatic N) is 5. The van der Waals surface area contributed by atoms with E-state index in [1.165, 1.54) is 0 Å². The van der Waals surface area contributed by atoms with Crippen molar-refractivity contribution in [1.29, 1.82) is 0 Å². The van der Waals surface area contributed by atoms with Crippen molar-refractivity contribution >= 4 is 11.8 Å². The molecule has 2 aliphatic rings. The number of para-hydroxylation sites is 2. The number of hydrogen-bond acceptors (Lipinski definition) is 9. The van der Waals surface area contributed by atoms with Crippen LogP contribution in [-0.2, 0) is 21.5 Å². The minimum Gasteiger partial charge on any atom is -0.490 e. The molecule has 1 saturated heterocycles. The first kappa shape index (κ1) is 38.9. The highest BCUT2D eigenvalue weighted by molar-refractivity contribution is 5.82. The number of alkyl halides is 3. The largest absolute Gasteiger partial charge is 0.490 e. The molecule has 6 rings (SSSR count). The van der Waals surface area contributed by atoms with Gasteiger partial charge in [0.15, 0.2) is 0 Å². The Morgan fingerprint density at radius 1 is 1.02 bits per heavy atom. The topological polar surface area (TPSA) is 145 Å². The molecule has 0 unspecified atom stereocenters. The third-order valence-corrected chi connectivity index (χ3v) is 10.2. The van der Waals surface area contributed by atoms with Gasteiger partial charge in [-0.25, -0.2) is 4.68 Å². The number of halogens is 3. The van der Waals surface area contributed by atoms with Crippen LogP contribution in [0.3, 0.4) is 0 Å². The number of benzene rings is 2. The van der Waals surface area contributed by atoms with Gasteiger partial charge in [-0.3, -0.25) is 24.4 Å². The molecular weight excluding hydrogens is 703 g/mol. The van der Waals surface area contributed by atoms with Gasteiger partial charge >= 0.3 is 6.18 Å². The number of carbonyl (C=O) groups excluding carboxylic acids is 2. The molecule has 4 aromatic rings. The normalized spacial score (nSPS) is 20.7. The van der Waals surface area contributed by atoms with Crippen molar-refractivity contribution in [3.05, 3.63) is 108 Å². The van der Waals surface area contributed by atoms with Crippen LogP contribution in [0.15, 0.2) is 91.4 Å². The van der Waals surface area contributed by atoms with Gasteiger partial charge in [0.05, 0.1) is 29.1 Å². The number of aliphatic hydroxyl groups is 2. The van der Waals surface area contributed by atoms with Gasteiger partial charge in [-0.1, -0.05) is 42.5 Å². The molecule has 2 aromatic heterocycles. The molecule has 4 heterocycles. The maximum atomic E-state index is 13.9. The molecule has 5 atom stereocenters. The zero-order valence-electron chi connectivity index (χ0n) is 30.2. The third-order valence-electron chi connectivity index (χ3n) is 10.2. The molecule has 54 heavy (non-hydrogen) atoms. The van der Waals surface area contributed by atoms with Crippen molar-refractivity contribution in [2.24, 2.45) is 5.92 Å². The van der Waals surface area contributed by atoms with Crippen molar-refractivity contribution in [3.63, 3.8) is 0 Å². The Balaban J connectivity index is 1.18. The van der Waals surface area contributed by atoms with E-state index in [0.29, 0.717) is 17.9 Å². The van der Waals surface area contributed by atoms with Gasteiger partial charge in [-0.2, -0.15) is 18.3 Å². The second-order valence-corrected chi connectivity index (χ2v) is 14.4. The van der Waals surface area contributed by atoms with Gasteiger partial charge in [-0.15, -0.1) is 0 Å². The molecule has 2 amide bonds. The van der Waals surface area contributed by atoms with E-state index < -0.39 is 60.3 Å². The van der Waals surface area contributed by atoms with Gasteiger partial charge in [0.1, 0.15) is 31.0 Å². The van der Waals surface area contributed by atoms with Crippen LogP contribution in [0, 0.1) is 5.92 Å². The summed E-state index contributed by atoms with van der Waals surface area (Å²) in [5, 5.41) is 32.1. The number of fused-ring (bicyclic) bond motifs is 1. The first-order valence-electron chi connectivity index (χ1n) is 18.0. The highest BCUT2D eigenvalue weighted by atomic mass is 19.4. The van der Waals surface area contributed by atoms with E-state index >= 15 is 0 Å². The van der Waals surface area contributed by atoms with Gasteiger partial charge in [-0.05, 0) is 62.6 Å². The lowest BCUT2D eigenvalue weighted by molar-refractivity contribution is -0.144. The molecule has 2 aliphatic heterocycles. The van der Waals surface area contributed by atoms with E-state index in [1.54, 1.807) is 52.3 Å². The number of rotatable bonds is 13. The second-order valence-electron chi connectivity index (χ2n) is 14.4. The molecule has 0 radical (unpaired) electrons. The molecule has 15 heteroatoms. The van der Waals surface area contributed by atoms with Crippen LogP contribution in [0.2, 0.25) is 0 Å². The second kappa shape index (κ2) is 16.7. The number of hydrogen-bond donors (Lipinski definition) is 4. The average Bonchev–Trinajstić information content (AvgIpc) is 3.67. The number of piperazine rings is 1. The van der Waals surface area contributed by atoms with Crippen LogP contribution in [0.25, 0.3) is 5.69 Å². The summed E-state index contributed by atoms with van der Waals surface area (Å²) in [6, 6.07) is 20.4. The highest BCUT2D eigenvalue weighted by Crippen LogP contribution is 2.33. The minimum atomic E-state index is -4.61. The average molecular weight is 750 g/mol. The molecule has 12 nitrogen and oxygen atoms in total. The predicted octanol–water partition coefficient (Wildman–Crippen LogP) is 3.39. The van der Waals surface area contributed by atoms with Crippen molar-refractivity contribution < 1.29 is 37.7 Å². The summed E-state index contributed by atoms with van der Waals surface area (Å²) in [6.45, 7) is 3.11. The van der Waals surface area contributed by atoms with Crippen LogP contribution in [0.1, 0.15) is 43.1 Å². The Morgan fingerprint density at radius 3 is 2.52 bits per heavy atom. The summed E-state index contributed by atoms with van der Waals surface area (Å²) < 4.78 is 47.1. The van der Waals surface area contributed by atoms with Crippen molar-refractivity contribution in [2.75, 3.05) is 39.3 Å². The number of nitrogens with one attached hydrogen (secondary N) is 2. The molecule has 0 aliphatic carbocycles. The van der Waals surface area contributed by atoms with E-state index in [0.717, 1.165) is 16.9 Å². The molecular formula is C39H46F3N7O5. The zero-order chi connectivity index (χ0) is 38.5. The Morgan fingerprint density at radius 2 is 1.78 bits per heavy atom. The first-order valence-corrected chi connectivity index (χ1v) is 18.0. The third kappa shape index (κ3) is 9.45. The fourth-order valence-corrected chi connectivity index (χ4v) is 7.19. The number of carbonyl (C=O) groups is 2. The summed E-state index contributed by atoms with van der Waals surface area (Å²) in [7, 11) is 0. The lowest BCUT2D eigenvalue weighted by atomic mass is 9.91. The van der Waals surface area contributed by atoms with Crippen LogP contribution in [-0.4, -0.2) is 110 Å². The van der Waals surface area contributed by atoms with Crippen LogP contribution in [0.5, 0.6) is 5.75 Å². The lowest BCUT2D eigenvalue weighted by Gasteiger charge is -2.47. The number of pyridine rings is 1. The van der Waals surface area contributed by atoms with Gasteiger partial charge in [0.25, 0.3) is 0 Å². The maximum absolute atomic E-state index is 13.9. The number of amides is 2. The van der Waals surface area contributed by atoms with Crippen LogP contribution >= 0.6 is 0 Å². The fourth-order valence-electron chi connectivity index (χ4n) is 7.19. The summed E-state index contributed by atoms with van der Waals surface area (Å²) in [4.78, 5) is 35.3. The van der Waals surface area contributed by atoms with E-state index in [9.17, 15) is 33.0 Å². The summed E-state index contributed by atoms with van der Waals surface area (Å²) in [6.07, 6.45) is -1.46. The van der Waals surface area contributed by atoms with Crippen LogP contribution in [0.4, 0.5) is 13.2 Å². The molecule has 0 saturated carbocycles. The SMILES string of the molecule is CC(C)(c1ccn(-c2ccccc2)n1)N1CCN(C[C@@H](O)C[C@H](Cc2cccnc2)C(=O)N[C@H]2c3ccccc3OC[C@H]2O)[C@H](C(=O)NCC(F)(F)F)C1. The van der Waals surface area contributed by atoms with Crippen LogP contribution < -0.4 is 15.4 Å². The van der Waals surface area contributed by atoms with E-state index in [4.69, 9.17) is 9.84 Å². The minimum absolute atomic E-state index is 0.00660. The lowest BCUT2D eigenvalue weighted by Crippen LogP contribution is -2.63. The molecule has 0 bridgehead atoms. The highest BCUT2D eigenvalue weighted by Gasteiger charge is 2.42. The standard InChI is InChI=1S/C39H46F3N7O5/c1-38(2,34-14-16-49(46-34)28-10-4-3-5-11-28)48-18-17-47(31(23-48)37(53)44-25-39(40,41)42)22-29(50)20-27(19-26-9-8-15-43-21-26)36(52)45-35-30-12-6-7-13-33(30)54-24-32(35)51/h3-16,21,27,29,31-32,35,50-51H,17-20,22-25H2,1-2H3,(H,44,53)(H,45,52)/t27-,29-,31-,32+,35-/m0/s1. The summed E-state index contributed by atoms with van der Waals surface area (Å²) in [5.41, 5.74) is 2.27. The Hall–Kier alpha value is -4.83. The van der Waals surface area contributed by atoms with Crippen molar-refractivity contribution in [1.82, 2.24) is 35.2 Å². The quantitative estimate of drug-likeness (QED) is 0.162. The summed E-state index contributed by atoms with van der Waals surface area (Å²) in [5.74, 6) is -1.44. The Labute approximate surface area is 311 Å².